The van der Waals surface area contributed by atoms with Gasteiger partial charge < -0.3 is 14.8 Å². The summed E-state index contributed by atoms with van der Waals surface area (Å²) in [4.78, 5) is 0. The molecule has 1 aliphatic rings. The van der Waals surface area contributed by atoms with Crippen LogP contribution in [0.4, 0.5) is 10.1 Å². The molecule has 0 saturated heterocycles. The van der Waals surface area contributed by atoms with Gasteiger partial charge in [0.25, 0.3) is 0 Å². The summed E-state index contributed by atoms with van der Waals surface area (Å²) >= 11 is 3.20. The van der Waals surface area contributed by atoms with Crippen molar-refractivity contribution in [1.29, 1.82) is 0 Å². The molecule has 0 bridgehead atoms. The van der Waals surface area contributed by atoms with Crippen molar-refractivity contribution in [1.82, 2.24) is 0 Å². The molecular formula is C15H13BrFNO2. The van der Waals surface area contributed by atoms with Crippen LogP contribution in [0.1, 0.15) is 18.5 Å². The third-order valence-corrected chi connectivity index (χ3v) is 3.81. The van der Waals surface area contributed by atoms with Gasteiger partial charge in [-0.2, -0.15) is 0 Å². The second-order valence-electron chi connectivity index (χ2n) is 4.61. The Morgan fingerprint density at radius 2 is 1.95 bits per heavy atom. The number of nitrogens with one attached hydrogen (secondary N) is 1. The third kappa shape index (κ3) is 2.58. The molecule has 5 heteroatoms. The van der Waals surface area contributed by atoms with Gasteiger partial charge in [-0.15, -0.1) is 0 Å². The third-order valence-electron chi connectivity index (χ3n) is 3.20. The van der Waals surface area contributed by atoms with Crippen LogP contribution in [-0.4, -0.2) is 6.79 Å². The largest absolute Gasteiger partial charge is 0.454 e. The molecule has 0 aromatic heterocycles. The first-order chi connectivity index (χ1) is 9.63. The maximum Gasteiger partial charge on any atom is 0.231 e. The standard InChI is InChI=1S/C15H13BrFNO2/c1-9(10-2-4-13(17)12(16)6-10)18-11-3-5-14-15(7-11)20-8-19-14/h2-7,9,18H,8H2,1H3. The van der Waals surface area contributed by atoms with Gasteiger partial charge in [-0.05, 0) is 52.7 Å². The predicted molar refractivity (Wildman–Crippen MR) is 78.7 cm³/mol. The van der Waals surface area contributed by atoms with Crippen LogP contribution in [-0.2, 0) is 0 Å². The van der Waals surface area contributed by atoms with Crippen molar-refractivity contribution < 1.29 is 13.9 Å². The Hall–Kier alpha value is -1.75. The summed E-state index contributed by atoms with van der Waals surface area (Å²) in [5, 5.41) is 3.36. The lowest BCUT2D eigenvalue weighted by molar-refractivity contribution is 0.174. The number of fused-ring (bicyclic) bond motifs is 1. The minimum Gasteiger partial charge on any atom is -0.454 e. The molecule has 1 N–H and O–H groups in total. The average Bonchev–Trinajstić information content (AvgIpc) is 2.89. The lowest BCUT2D eigenvalue weighted by atomic mass is 10.1. The van der Waals surface area contributed by atoms with E-state index in [1.165, 1.54) is 6.07 Å². The quantitative estimate of drug-likeness (QED) is 0.894. The van der Waals surface area contributed by atoms with E-state index >= 15 is 0 Å². The van der Waals surface area contributed by atoms with Gasteiger partial charge in [0.2, 0.25) is 6.79 Å². The molecule has 0 radical (unpaired) electrons. The van der Waals surface area contributed by atoms with E-state index in [4.69, 9.17) is 9.47 Å². The maximum atomic E-state index is 13.2. The number of rotatable bonds is 3. The normalized spacial score (nSPS) is 14.2. The minimum absolute atomic E-state index is 0.0484. The van der Waals surface area contributed by atoms with E-state index in [0.717, 1.165) is 22.7 Å². The van der Waals surface area contributed by atoms with Crippen LogP contribution in [0.2, 0.25) is 0 Å². The molecule has 0 spiro atoms. The van der Waals surface area contributed by atoms with Gasteiger partial charge in [-0.1, -0.05) is 6.07 Å². The molecule has 2 aromatic carbocycles. The van der Waals surface area contributed by atoms with Crippen LogP contribution in [0.5, 0.6) is 11.5 Å². The fraction of sp³-hybridized carbons (Fsp3) is 0.200. The highest BCUT2D eigenvalue weighted by atomic mass is 79.9. The number of anilines is 1. The fourth-order valence-corrected chi connectivity index (χ4v) is 2.50. The van der Waals surface area contributed by atoms with Gasteiger partial charge >= 0.3 is 0 Å². The van der Waals surface area contributed by atoms with E-state index in [2.05, 4.69) is 21.2 Å². The Morgan fingerprint density at radius 1 is 1.15 bits per heavy atom. The van der Waals surface area contributed by atoms with Crippen molar-refractivity contribution in [2.45, 2.75) is 13.0 Å². The number of halogens is 2. The smallest absolute Gasteiger partial charge is 0.231 e. The Labute approximate surface area is 124 Å². The van der Waals surface area contributed by atoms with Crippen LogP contribution in [0.3, 0.4) is 0 Å². The summed E-state index contributed by atoms with van der Waals surface area (Å²) in [7, 11) is 0. The Balaban J connectivity index is 1.78. The van der Waals surface area contributed by atoms with E-state index in [9.17, 15) is 4.39 Å². The molecule has 0 aliphatic carbocycles. The average molecular weight is 338 g/mol. The first-order valence-electron chi connectivity index (χ1n) is 6.24. The minimum atomic E-state index is -0.260. The summed E-state index contributed by atoms with van der Waals surface area (Å²) in [5.74, 6) is 1.24. The van der Waals surface area contributed by atoms with Crippen molar-refractivity contribution >= 4 is 21.6 Å². The second kappa shape index (κ2) is 5.32. The number of hydrogen-bond donors (Lipinski definition) is 1. The van der Waals surface area contributed by atoms with Gasteiger partial charge in [-0.3, -0.25) is 0 Å². The van der Waals surface area contributed by atoms with E-state index in [1.54, 1.807) is 12.1 Å². The lowest BCUT2D eigenvalue weighted by Crippen LogP contribution is -2.06. The summed E-state index contributed by atoms with van der Waals surface area (Å²) in [6, 6.07) is 10.8. The van der Waals surface area contributed by atoms with Crippen molar-refractivity contribution in [3.05, 3.63) is 52.3 Å². The topological polar surface area (TPSA) is 30.5 Å². The molecule has 0 fully saturated rings. The van der Waals surface area contributed by atoms with Crippen molar-refractivity contribution in [3.63, 3.8) is 0 Å². The van der Waals surface area contributed by atoms with Crippen molar-refractivity contribution in [3.8, 4) is 11.5 Å². The zero-order valence-corrected chi connectivity index (χ0v) is 12.4. The van der Waals surface area contributed by atoms with Crippen molar-refractivity contribution in [2.75, 3.05) is 12.1 Å². The highest BCUT2D eigenvalue weighted by Crippen LogP contribution is 2.35. The molecule has 0 amide bonds. The molecule has 1 unspecified atom stereocenters. The lowest BCUT2D eigenvalue weighted by Gasteiger charge is -2.16. The molecule has 1 atom stereocenters. The van der Waals surface area contributed by atoms with E-state index in [-0.39, 0.29) is 18.7 Å². The van der Waals surface area contributed by atoms with Gasteiger partial charge in [0.1, 0.15) is 5.82 Å². The van der Waals surface area contributed by atoms with Crippen LogP contribution in [0.25, 0.3) is 0 Å². The van der Waals surface area contributed by atoms with Gasteiger partial charge in [0.15, 0.2) is 11.5 Å². The highest BCUT2D eigenvalue weighted by Gasteiger charge is 2.14. The van der Waals surface area contributed by atoms with E-state index in [0.29, 0.717) is 4.47 Å². The Morgan fingerprint density at radius 3 is 2.75 bits per heavy atom. The van der Waals surface area contributed by atoms with Gasteiger partial charge in [0, 0.05) is 17.8 Å². The number of ether oxygens (including phenoxy) is 2. The van der Waals surface area contributed by atoms with Crippen LogP contribution >= 0.6 is 15.9 Å². The summed E-state index contributed by atoms with van der Waals surface area (Å²) in [6.45, 7) is 2.28. The number of hydrogen-bond acceptors (Lipinski definition) is 3. The second-order valence-corrected chi connectivity index (χ2v) is 5.46. The fourth-order valence-electron chi connectivity index (χ4n) is 2.10. The Kier molecular flexibility index (Phi) is 3.53. The molecule has 0 saturated carbocycles. The molecule has 1 heterocycles. The maximum absolute atomic E-state index is 13.2. The zero-order chi connectivity index (χ0) is 14.1. The van der Waals surface area contributed by atoms with Gasteiger partial charge in [0.05, 0.1) is 4.47 Å². The van der Waals surface area contributed by atoms with E-state index < -0.39 is 0 Å². The Bertz CT molecular complexity index is 648. The summed E-state index contributed by atoms with van der Waals surface area (Å²) in [5.41, 5.74) is 1.93. The highest BCUT2D eigenvalue weighted by molar-refractivity contribution is 9.10. The van der Waals surface area contributed by atoms with Crippen molar-refractivity contribution in [2.24, 2.45) is 0 Å². The summed E-state index contributed by atoms with van der Waals surface area (Å²) < 4.78 is 24.3. The molecule has 20 heavy (non-hydrogen) atoms. The first kappa shape index (κ1) is 13.2. The molecule has 3 nitrogen and oxygen atoms in total. The SMILES string of the molecule is CC(Nc1ccc2c(c1)OCO2)c1ccc(F)c(Br)c1. The van der Waals surface area contributed by atoms with Crippen LogP contribution < -0.4 is 14.8 Å². The molecule has 1 aliphatic heterocycles. The van der Waals surface area contributed by atoms with Crippen LogP contribution in [0, 0.1) is 5.82 Å². The molecule has 3 rings (SSSR count). The molecule has 104 valence electrons. The van der Waals surface area contributed by atoms with Gasteiger partial charge in [-0.25, -0.2) is 4.39 Å². The van der Waals surface area contributed by atoms with Crippen LogP contribution in [0.15, 0.2) is 40.9 Å². The summed E-state index contributed by atoms with van der Waals surface area (Å²) in [6.07, 6.45) is 0. The molecular weight excluding hydrogens is 325 g/mol. The first-order valence-corrected chi connectivity index (χ1v) is 7.04. The monoisotopic (exact) mass is 337 g/mol. The zero-order valence-electron chi connectivity index (χ0n) is 10.8. The number of benzene rings is 2. The van der Waals surface area contributed by atoms with E-state index in [1.807, 2.05) is 25.1 Å². The predicted octanol–water partition coefficient (Wildman–Crippen LogP) is 4.49. The molecule has 2 aromatic rings.